The van der Waals surface area contributed by atoms with Crippen molar-refractivity contribution in [1.82, 2.24) is 25.3 Å². The third kappa shape index (κ3) is 3.78. The lowest BCUT2D eigenvalue weighted by atomic mass is 9.79. The molecule has 1 atom stereocenters. The summed E-state index contributed by atoms with van der Waals surface area (Å²) in [5.74, 6) is -0.0984. The number of ether oxygens (including phenoxy) is 1. The number of likely N-dealkylation sites (tertiary alicyclic amines) is 1. The number of aromatic nitrogens is 2. The highest BCUT2D eigenvalue weighted by Gasteiger charge is 2.48. The van der Waals surface area contributed by atoms with Gasteiger partial charge in [-0.1, -0.05) is 12.1 Å². The number of halogens is 1. The minimum absolute atomic E-state index is 0.0319. The van der Waals surface area contributed by atoms with Crippen molar-refractivity contribution < 1.29 is 13.9 Å². The molecule has 3 aliphatic heterocycles. The van der Waals surface area contributed by atoms with E-state index in [0.717, 1.165) is 36.3 Å². The molecule has 0 radical (unpaired) electrons. The van der Waals surface area contributed by atoms with Crippen LogP contribution in [0.1, 0.15) is 56.8 Å². The van der Waals surface area contributed by atoms with E-state index in [1.807, 2.05) is 6.07 Å². The number of hydrogen-bond acceptors (Lipinski definition) is 4. The number of piperidine rings is 2. The largest absolute Gasteiger partial charge is 0.478 e. The molecule has 2 saturated heterocycles. The van der Waals surface area contributed by atoms with Crippen LogP contribution in [0.5, 0.6) is 5.75 Å². The Balaban J connectivity index is 1.54. The number of carbonyl (C=O) groups is 1. The summed E-state index contributed by atoms with van der Waals surface area (Å²) in [5.41, 5.74) is 2.99. The molecule has 8 heteroatoms. The smallest absolute Gasteiger partial charge is 0.317 e. The Morgan fingerprint density at radius 3 is 2.85 bits per heavy atom. The number of benzene rings is 1. The second kappa shape index (κ2) is 8.41. The van der Waals surface area contributed by atoms with Gasteiger partial charge >= 0.3 is 6.03 Å². The number of urea groups is 1. The number of hydrogen-bond donors (Lipinski definition) is 2. The minimum Gasteiger partial charge on any atom is -0.478 e. The minimum atomic E-state index is -0.704. The van der Waals surface area contributed by atoms with Crippen LogP contribution in [0.4, 0.5) is 9.18 Å². The molecule has 2 aromatic rings. The van der Waals surface area contributed by atoms with Crippen LogP contribution in [0.2, 0.25) is 0 Å². The summed E-state index contributed by atoms with van der Waals surface area (Å²) in [6.07, 6.45) is 4.79. The maximum Gasteiger partial charge on any atom is 0.317 e. The molecule has 1 aromatic heterocycles. The van der Waals surface area contributed by atoms with Crippen LogP contribution in [0, 0.1) is 12.7 Å². The van der Waals surface area contributed by atoms with Crippen LogP contribution in [0.3, 0.4) is 0 Å². The quantitative estimate of drug-likeness (QED) is 0.661. The van der Waals surface area contributed by atoms with Crippen molar-refractivity contribution in [2.24, 2.45) is 0 Å². The molecule has 7 nitrogen and oxygen atoms in total. The molecule has 0 saturated carbocycles. The Labute approximate surface area is 200 Å². The van der Waals surface area contributed by atoms with Gasteiger partial charge in [-0.2, -0.15) is 5.10 Å². The molecular weight excluding hydrogens is 433 g/mol. The number of amides is 2. The molecule has 3 aliphatic rings. The summed E-state index contributed by atoms with van der Waals surface area (Å²) >= 11 is 0. The number of fused-ring (bicyclic) bond motifs is 4. The second-order valence-electron chi connectivity index (χ2n) is 10.4. The van der Waals surface area contributed by atoms with E-state index in [-0.39, 0.29) is 29.2 Å². The molecule has 34 heavy (non-hydrogen) atoms. The van der Waals surface area contributed by atoms with E-state index in [1.165, 1.54) is 6.07 Å². The Morgan fingerprint density at radius 2 is 2.15 bits per heavy atom. The first-order valence-electron chi connectivity index (χ1n) is 12.2. The van der Waals surface area contributed by atoms with E-state index in [9.17, 15) is 9.18 Å². The van der Waals surface area contributed by atoms with Crippen LogP contribution in [0.15, 0.2) is 30.9 Å². The number of carbonyl (C=O) groups excluding carboxylic acids is 1. The van der Waals surface area contributed by atoms with Crippen LogP contribution in [0.25, 0.3) is 11.3 Å². The summed E-state index contributed by atoms with van der Waals surface area (Å²) in [6.45, 7) is 12.6. The monoisotopic (exact) mass is 467 g/mol. The van der Waals surface area contributed by atoms with Gasteiger partial charge in [0, 0.05) is 54.8 Å². The number of nitrogens with zero attached hydrogens (tertiary/aromatic N) is 3. The van der Waals surface area contributed by atoms with Crippen molar-refractivity contribution in [1.29, 1.82) is 0 Å². The zero-order chi connectivity index (χ0) is 24.1. The van der Waals surface area contributed by atoms with E-state index >= 15 is 0 Å². The van der Waals surface area contributed by atoms with Crippen molar-refractivity contribution in [3.8, 4) is 17.0 Å². The van der Waals surface area contributed by atoms with Crippen molar-refractivity contribution in [2.75, 3.05) is 26.2 Å². The lowest BCUT2D eigenvalue weighted by Gasteiger charge is -2.44. The predicted octanol–water partition coefficient (Wildman–Crippen LogP) is 4.28. The Kier molecular flexibility index (Phi) is 5.67. The fourth-order valence-electron chi connectivity index (χ4n) is 5.90. The van der Waals surface area contributed by atoms with Crippen LogP contribution in [-0.4, -0.2) is 52.4 Å². The second-order valence-corrected chi connectivity index (χ2v) is 10.4. The van der Waals surface area contributed by atoms with Crippen LogP contribution >= 0.6 is 0 Å². The van der Waals surface area contributed by atoms with Gasteiger partial charge in [-0.15, -0.1) is 6.58 Å². The standard InChI is InChI=1S/C26H34FN5O2/c1-5-12-28-24(33)31-14-10-26(11-15-31)21-17(2)32(18-9-13-29-25(3,4)16-18)30-22(21)19-7-6-8-20(27)23(19)34-26/h5-8,18,29H,1,9-16H2,2-4H3,(H,28,33). The van der Waals surface area contributed by atoms with Gasteiger partial charge in [0.2, 0.25) is 0 Å². The fraction of sp³-hybridized carbons (Fsp3) is 0.538. The molecular formula is C26H34FN5O2. The fourth-order valence-corrected chi connectivity index (χ4v) is 5.90. The van der Waals surface area contributed by atoms with Crippen LogP contribution < -0.4 is 15.4 Å². The summed E-state index contributed by atoms with van der Waals surface area (Å²) in [6, 6.07) is 5.20. The summed E-state index contributed by atoms with van der Waals surface area (Å²) in [7, 11) is 0. The molecule has 2 N–H and O–H groups in total. The number of nitrogens with one attached hydrogen (secondary N) is 2. The van der Waals surface area contributed by atoms with E-state index < -0.39 is 5.60 Å². The number of para-hydroxylation sites is 1. The maximum absolute atomic E-state index is 15.0. The average Bonchev–Trinajstić information content (AvgIpc) is 3.17. The van der Waals surface area contributed by atoms with Gasteiger partial charge in [0.1, 0.15) is 11.3 Å². The van der Waals surface area contributed by atoms with Gasteiger partial charge in [0.05, 0.1) is 6.04 Å². The molecule has 2 amide bonds. The van der Waals surface area contributed by atoms with Gasteiger partial charge in [-0.05, 0) is 52.3 Å². The van der Waals surface area contributed by atoms with E-state index in [0.29, 0.717) is 38.0 Å². The molecule has 4 heterocycles. The number of rotatable bonds is 3. The summed E-state index contributed by atoms with van der Waals surface area (Å²) < 4.78 is 23.6. The summed E-state index contributed by atoms with van der Waals surface area (Å²) in [5, 5.41) is 11.5. The van der Waals surface area contributed by atoms with Crippen molar-refractivity contribution in [3.63, 3.8) is 0 Å². The predicted molar refractivity (Wildman–Crippen MR) is 129 cm³/mol. The molecule has 5 rings (SSSR count). The molecule has 2 fully saturated rings. The highest BCUT2D eigenvalue weighted by Crippen LogP contribution is 2.52. The molecule has 0 aliphatic carbocycles. The molecule has 182 valence electrons. The normalized spacial score (nSPS) is 22.5. The Hall–Kier alpha value is -2.87. The highest BCUT2D eigenvalue weighted by molar-refractivity contribution is 5.76. The third-order valence-corrected chi connectivity index (χ3v) is 7.55. The lowest BCUT2D eigenvalue weighted by molar-refractivity contribution is 0.00153. The third-order valence-electron chi connectivity index (χ3n) is 7.55. The molecule has 0 bridgehead atoms. The first-order chi connectivity index (χ1) is 16.2. The zero-order valence-corrected chi connectivity index (χ0v) is 20.3. The first kappa shape index (κ1) is 22.9. The lowest BCUT2D eigenvalue weighted by Crippen LogP contribution is -2.51. The van der Waals surface area contributed by atoms with Gasteiger partial charge in [-0.25, -0.2) is 9.18 Å². The SMILES string of the molecule is C=CCNC(=O)N1CCC2(CC1)Oc1c(F)cccc1-c1nn(C3CCNC(C)(C)C3)c(C)c12. The van der Waals surface area contributed by atoms with Gasteiger partial charge in [0.25, 0.3) is 0 Å². The Bertz CT molecular complexity index is 1120. The average molecular weight is 468 g/mol. The molecule has 1 aromatic carbocycles. The van der Waals surface area contributed by atoms with Crippen LogP contribution in [-0.2, 0) is 5.60 Å². The van der Waals surface area contributed by atoms with E-state index in [1.54, 1.807) is 17.0 Å². The van der Waals surface area contributed by atoms with Crippen molar-refractivity contribution in [3.05, 3.63) is 47.9 Å². The zero-order valence-electron chi connectivity index (χ0n) is 20.3. The molecule has 1 spiro atoms. The van der Waals surface area contributed by atoms with E-state index in [2.05, 4.69) is 42.7 Å². The molecule has 1 unspecified atom stereocenters. The maximum atomic E-state index is 15.0. The topological polar surface area (TPSA) is 71.4 Å². The van der Waals surface area contributed by atoms with Crippen molar-refractivity contribution in [2.45, 2.75) is 63.6 Å². The van der Waals surface area contributed by atoms with Crippen molar-refractivity contribution >= 4 is 6.03 Å². The Morgan fingerprint density at radius 1 is 1.38 bits per heavy atom. The van der Waals surface area contributed by atoms with E-state index in [4.69, 9.17) is 9.84 Å². The summed E-state index contributed by atoms with van der Waals surface area (Å²) in [4.78, 5) is 14.3. The van der Waals surface area contributed by atoms with Gasteiger partial charge in [-0.3, -0.25) is 4.68 Å². The van der Waals surface area contributed by atoms with Gasteiger partial charge < -0.3 is 20.3 Å². The highest BCUT2D eigenvalue weighted by atomic mass is 19.1. The first-order valence-corrected chi connectivity index (χ1v) is 12.2. The van der Waals surface area contributed by atoms with Gasteiger partial charge in [0.15, 0.2) is 11.6 Å².